The van der Waals surface area contributed by atoms with E-state index in [9.17, 15) is 8.42 Å². The first kappa shape index (κ1) is 14.2. The number of benzene rings is 1. The number of aryl methyl sites for hydroxylation is 1. The van der Waals surface area contributed by atoms with E-state index in [-0.39, 0.29) is 11.5 Å². The molecule has 5 nitrogen and oxygen atoms in total. The number of imidazole rings is 1. The predicted octanol–water partition coefficient (Wildman–Crippen LogP) is 2.68. The Balaban J connectivity index is 2.20. The van der Waals surface area contributed by atoms with Crippen LogP contribution in [0.1, 0.15) is 6.92 Å². The van der Waals surface area contributed by atoms with E-state index < -0.39 is 9.84 Å². The van der Waals surface area contributed by atoms with Crippen molar-refractivity contribution in [3.63, 3.8) is 0 Å². The summed E-state index contributed by atoms with van der Waals surface area (Å²) in [4.78, 5) is 7.47. The molecule has 1 N–H and O–H groups in total. The lowest BCUT2D eigenvalue weighted by Gasteiger charge is -2.06. The highest BCUT2D eigenvalue weighted by molar-refractivity contribution is 7.91. The van der Waals surface area contributed by atoms with Gasteiger partial charge >= 0.3 is 0 Å². The van der Waals surface area contributed by atoms with Crippen LogP contribution in [0.15, 0.2) is 30.5 Å². The molecule has 0 radical (unpaired) electrons. The molecule has 3 aromatic rings. The molecule has 0 amide bonds. The monoisotopic (exact) mass is 321 g/mol. The summed E-state index contributed by atoms with van der Waals surface area (Å²) in [5, 5.41) is 0.969. The van der Waals surface area contributed by atoms with Crippen LogP contribution in [-0.2, 0) is 16.4 Å². The Morgan fingerprint density at radius 2 is 2.10 bits per heavy atom. The number of H-pyrrole nitrogens is 1. The first-order chi connectivity index (χ1) is 10.0. The summed E-state index contributed by atoms with van der Waals surface area (Å²) >= 11 is 5.33. The molecule has 0 aliphatic heterocycles. The van der Waals surface area contributed by atoms with E-state index in [1.54, 1.807) is 13.1 Å². The van der Waals surface area contributed by atoms with Gasteiger partial charge in [-0.25, -0.2) is 8.42 Å². The molecule has 0 aliphatic rings. The van der Waals surface area contributed by atoms with Crippen molar-refractivity contribution in [3.8, 4) is 0 Å². The molecule has 1 aromatic carbocycles. The normalized spacial score (nSPS) is 12.2. The molecule has 3 rings (SSSR count). The lowest BCUT2D eigenvalue weighted by Crippen LogP contribution is -2.14. The Morgan fingerprint density at radius 3 is 2.86 bits per heavy atom. The average molecular weight is 321 g/mol. The molecule has 7 heteroatoms. The van der Waals surface area contributed by atoms with Crippen LogP contribution in [0.4, 0.5) is 0 Å². The second kappa shape index (κ2) is 5.23. The van der Waals surface area contributed by atoms with Crippen LogP contribution in [0.3, 0.4) is 0 Å². The minimum Gasteiger partial charge on any atom is -0.329 e. The van der Waals surface area contributed by atoms with E-state index in [1.165, 1.54) is 0 Å². The Kier molecular flexibility index (Phi) is 3.54. The van der Waals surface area contributed by atoms with Crippen LogP contribution in [-0.4, -0.2) is 34.5 Å². The van der Waals surface area contributed by atoms with Gasteiger partial charge in [0, 0.05) is 17.7 Å². The van der Waals surface area contributed by atoms with Crippen molar-refractivity contribution in [1.29, 1.82) is 0 Å². The van der Waals surface area contributed by atoms with E-state index in [0.717, 1.165) is 21.9 Å². The van der Waals surface area contributed by atoms with Crippen LogP contribution in [0.5, 0.6) is 0 Å². The van der Waals surface area contributed by atoms with Crippen molar-refractivity contribution in [2.75, 3.05) is 11.5 Å². The number of aromatic amines is 1. The maximum Gasteiger partial charge on any atom is 0.178 e. The Labute approximate surface area is 127 Å². The van der Waals surface area contributed by atoms with Gasteiger partial charge in [-0.2, -0.15) is 0 Å². The van der Waals surface area contributed by atoms with Crippen molar-refractivity contribution in [2.24, 2.45) is 0 Å². The zero-order valence-electron chi connectivity index (χ0n) is 11.5. The molecule has 0 saturated carbocycles. The van der Waals surface area contributed by atoms with Gasteiger partial charge in [-0.1, -0.05) is 25.1 Å². The number of pyridine rings is 1. The highest BCUT2D eigenvalue weighted by Gasteiger charge is 2.13. The first-order valence-electron chi connectivity index (χ1n) is 6.68. The van der Waals surface area contributed by atoms with Gasteiger partial charge in [-0.05, 0) is 18.3 Å². The van der Waals surface area contributed by atoms with Crippen molar-refractivity contribution in [3.05, 3.63) is 35.2 Å². The largest absolute Gasteiger partial charge is 0.329 e. The third kappa shape index (κ3) is 2.58. The topological polar surface area (TPSA) is 67.8 Å². The summed E-state index contributed by atoms with van der Waals surface area (Å²) in [7, 11) is -3.03. The minimum absolute atomic E-state index is 0.0847. The fraction of sp³-hybridized carbons (Fsp3) is 0.286. The molecule has 110 valence electrons. The van der Waals surface area contributed by atoms with Crippen molar-refractivity contribution in [1.82, 2.24) is 14.5 Å². The summed E-state index contributed by atoms with van der Waals surface area (Å²) in [5.74, 6) is 0.229. The Morgan fingerprint density at radius 1 is 1.33 bits per heavy atom. The smallest absolute Gasteiger partial charge is 0.178 e. The van der Waals surface area contributed by atoms with Gasteiger partial charge in [-0.15, -0.1) is 0 Å². The van der Waals surface area contributed by atoms with Crippen LogP contribution >= 0.6 is 12.2 Å². The summed E-state index contributed by atoms with van der Waals surface area (Å²) < 4.78 is 25.8. The molecule has 21 heavy (non-hydrogen) atoms. The number of hydrogen-bond acceptors (Lipinski definition) is 4. The number of nitrogens with one attached hydrogen (secondary N) is 1. The quantitative estimate of drug-likeness (QED) is 0.750. The summed E-state index contributed by atoms with van der Waals surface area (Å²) in [6.45, 7) is 2.01. The van der Waals surface area contributed by atoms with E-state index in [0.29, 0.717) is 11.3 Å². The van der Waals surface area contributed by atoms with E-state index >= 15 is 0 Å². The molecular formula is C14H15N3O2S2. The number of fused-ring (bicyclic) bond motifs is 3. The van der Waals surface area contributed by atoms with Crippen LogP contribution in [0.2, 0.25) is 0 Å². The van der Waals surface area contributed by atoms with Crippen LogP contribution in [0.25, 0.3) is 21.9 Å². The summed E-state index contributed by atoms with van der Waals surface area (Å²) in [6, 6.07) is 7.76. The van der Waals surface area contributed by atoms with Gasteiger partial charge in [0.1, 0.15) is 0 Å². The zero-order valence-corrected chi connectivity index (χ0v) is 13.2. The van der Waals surface area contributed by atoms with Gasteiger partial charge < -0.3 is 9.55 Å². The average Bonchev–Trinajstić information content (AvgIpc) is 2.81. The Hall–Kier alpha value is -1.73. The number of hydrogen-bond donors (Lipinski definition) is 1. The highest BCUT2D eigenvalue weighted by Crippen LogP contribution is 2.23. The third-order valence-electron chi connectivity index (χ3n) is 3.57. The fourth-order valence-electron chi connectivity index (χ4n) is 2.38. The molecule has 0 aliphatic carbocycles. The van der Waals surface area contributed by atoms with E-state index in [4.69, 9.17) is 12.2 Å². The maximum atomic E-state index is 11.7. The van der Waals surface area contributed by atoms with Gasteiger partial charge in [-0.3, -0.25) is 4.98 Å². The van der Waals surface area contributed by atoms with Crippen LogP contribution in [0, 0.1) is 4.77 Å². The molecular weight excluding hydrogens is 306 g/mol. The molecule has 2 heterocycles. The van der Waals surface area contributed by atoms with Gasteiger partial charge in [0.05, 0.1) is 28.5 Å². The zero-order chi connectivity index (χ0) is 15.0. The maximum absolute atomic E-state index is 11.7. The number of sulfone groups is 1. The summed E-state index contributed by atoms with van der Waals surface area (Å²) in [6.07, 6.45) is 1.73. The van der Waals surface area contributed by atoms with E-state index in [1.807, 2.05) is 28.8 Å². The first-order valence-corrected chi connectivity index (χ1v) is 8.91. The van der Waals surface area contributed by atoms with E-state index in [2.05, 4.69) is 9.97 Å². The second-order valence-corrected chi connectivity index (χ2v) is 7.72. The van der Waals surface area contributed by atoms with Gasteiger partial charge in [0.25, 0.3) is 0 Å². The molecule has 0 bridgehead atoms. The fourth-order valence-corrected chi connectivity index (χ4v) is 3.42. The second-order valence-electron chi connectivity index (χ2n) is 4.86. The lowest BCUT2D eigenvalue weighted by molar-refractivity contribution is 0.590. The molecule has 0 saturated heterocycles. The third-order valence-corrected chi connectivity index (χ3v) is 5.58. The highest BCUT2D eigenvalue weighted by atomic mass is 32.2. The SMILES string of the molecule is CCS(=O)(=O)CCn1c(=S)[nH]c2cnc3ccccc3c21. The standard InChI is InChI=1S/C14H15N3O2S2/c1-2-21(18,19)8-7-17-13-10-5-3-4-6-11(10)15-9-12(13)16-14(17)20/h3-6,9H,2,7-8H2,1H3,(H,16,20). The molecule has 0 unspecified atom stereocenters. The number of aromatic nitrogens is 3. The molecule has 0 fully saturated rings. The van der Waals surface area contributed by atoms with Gasteiger partial charge in [0.2, 0.25) is 0 Å². The molecule has 0 spiro atoms. The minimum atomic E-state index is -3.03. The Bertz CT molecular complexity index is 971. The molecule has 2 aromatic heterocycles. The summed E-state index contributed by atoms with van der Waals surface area (Å²) in [5.41, 5.74) is 2.61. The predicted molar refractivity (Wildman–Crippen MR) is 86.8 cm³/mol. The van der Waals surface area contributed by atoms with Crippen molar-refractivity contribution in [2.45, 2.75) is 13.5 Å². The number of rotatable bonds is 4. The lowest BCUT2D eigenvalue weighted by atomic mass is 10.2. The van der Waals surface area contributed by atoms with Crippen molar-refractivity contribution < 1.29 is 8.42 Å². The number of nitrogens with zero attached hydrogens (tertiary/aromatic N) is 2. The van der Waals surface area contributed by atoms with Gasteiger partial charge in [0.15, 0.2) is 14.6 Å². The molecule has 0 atom stereocenters. The number of para-hydroxylation sites is 1. The van der Waals surface area contributed by atoms with Crippen molar-refractivity contribution >= 4 is 44.0 Å². The van der Waals surface area contributed by atoms with Crippen LogP contribution < -0.4 is 0 Å².